The second-order valence-corrected chi connectivity index (χ2v) is 5.10. The smallest absolute Gasteiger partial charge is 0.160 e. The summed E-state index contributed by atoms with van der Waals surface area (Å²) in [6.07, 6.45) is 3.53. The fourth-order valence-electron chi connectivity index (χ4n) is 1.99. The third kappa shape index (κ3) is 4.21. The van der Waals surface area contributed by atoms with Crippen LogP contribution in [0.1, 0.15) is 11.1 Å². The van der Waals surface area contributed by atoms with Gasteiger partial charge in [0.05, 0.1) is 0 Å². The Labute approximate surface area is 125 Å². The van der Waals surface area contributed by atoms with E-state index in [4.69, 9.17) is 0 Å². The molecule has 2 rings (SSSR count). The van der Waals surface area contributed by atoms with E-state index in [1.165, 1.54) is 6.08 Å². The topological polar surface area (TPSA) is 40.5 Å². The molecule has 0 heterocycles. The van der Waals surface area contributed by atoms with Crippen LogP contribution in [0.2, 0.25) is 0 Å². The summed E-state index contributed by atoms with van der Waals surface area (Å²) in [5.74, 6) is 0.183. The number of hydrogen-bond acceptors (Lipinski definition) is 3. The molecule has 3 nitrogen and oxygen atoms in total. The number of anilines is 1. The number of carbonyl (C=O) groups excluding carboxylic acids is 1. The minimum absolute atomic E-state index is 0.0114. The lowest BCUT2D eigenvalue weighted by Gasteiger charge is -2.13. The highest BCUT2D eigenvalue weighted by atomic mass is 16.3. The molecule has 0 spiro atoms. The Balaban J connectivity index is 2.05. The van der Waals surface area contributed by atoms with Gasteiger partial charge < -0.3 is 10.0 Å². The summed E-state index contributed by atoms with van der Waals surface area (Å²) in [4.78, 5) is 13.8. The monoisotopic (exact) mass is 281 g/mol. The highest BCUT2D eigenvalue weighted by Gasteiger charge is 2.03. The van der Waals surface area contributed by atoms with E-state index >= 15 is 0 Å². The van der Waals surface area contributed by atoms with Crippen molar-refractivity contribution < 1.29 is 9.90 Å². The van der Waals surface area contributed by atoms with Gasteiger partial charge in [0.15, 0.2) is 5.78 Å². The summed E-state index contributed by atoms with van der Waals surface area (Å²) in [7, 11) is 3.82. The molecule has 0 radical (unpaired) electrons. The minimum atomic E-state index is 0.0114. The van der Waals surface area contributed by atoms with Crippen LogP contribution in [0.3, 0.4) is 0 Å². The van der Waals surface area contributed by atoms with Crippen LogP contribution in [0.5, 0.6) is 5.75 Å². The molecule has 0 fully saturated rings. The van der Waals surface area contributed by atoms with E-state index in [9.17, 15) is 9.90 Å². The average molecular weight is 281 g/mol. The summed E-state index contributed by atoms with van der Waals surface area (Å²) >= 11 is 0. The van der Waals surface area contributed by atoms with Crippen LogP contribution < -0.4 is 4.90 Å². The van der Waals surface area contributed by atoms with Gasteiger partial charge >= 0.3 is 0 Å². The maximum atomic E-state index is 11.9. The maximum Gasteiger partial charge on any atom is 0.160 e. The van der Waals surface area contributed by atoms with Gasteiger partial charge in [-0.1, -0.05) is 30.3 Å². The molecule has 0 bridgehead atoms. The third-order valence-corrected chi connectivity index (χ3v) is 3.20. The van der Waals surface area contributed by atoms with Crippen molar-refractivity contribution in [1.29, 1.82) is 0 Å². The molecule has 2 aromatic rings. The molecule has 0 saturated heterocycles. The fourth-order valence-corrected chi connectivity index (χ4v) is 1.99. The number of phenols is 1. The number of ketones is 1. The molecule has 1 N–H and O–H groups in total. The van der Waals surface area contributed by atoms with Crippen LogP contribution in [-0.2, 0) is 11.2 Å². The maximum absolute atomic E-state index is 11.9. The molecule has 3 heteroatoms. The normalized spacial score (nSPS) is 10.8. The van der Waals surface area contributed by atoms with E-state index in [0.29, 0.717) is 12.0 Å². The van der Waals surface area contributed by atoms with E-state index in [0.717, 1.165) is 11.3 Å². The number of phenolic OH excluding ortho intramolecular Hbond substituents is 1. The van der Waals surface area contributed by atoms with Gasteiger partial charge in [0.2, 0.25) is 0 Å². The second-order valence-electron chi connectivity index (χ2n) is 5.10. The molecule has 0 saturated carbocycles. The van der Waals surface area contributed by atoms with E-state index in [-0.39, 0.29) is 11.5 Å². The molecule has 0 aromatic heterocycles. The number of benzene rings is 2. The van der Waals surface area contributed by atoms with Gasteiger partial charge in [-0.05, 0) is 29.8 Å². The van der Waals surface area contributed by atoms with E-state index < -0.39 is 0 Å². The van der Waals surface area contributed by atoms with Crippen molar-refractivity contribution >= 4 is 17.5 Å². The Hall–Kier alpha value is -2.55. The van der Waals surface area contributed by atoms with Crippen molar-refractivity contribution in [3.63, 3.8) is 0 Å². The van der Waals surface area contributed by atoms with Crippen LogP contribution in [0.4, 0.5) is 5.69 Å². The van der Waals surface area contributed by atoms with E-state index in [2.05, 4.69) is 0 Å². The first kappa shape index (κ1) is 14.9. The summed E-state index contributed by atoms with van der Waals surface area (Å²) in [5, 5.41) is 9.95. The first-order valence-electron chi connectivity index (χ1n) is 6.81. The highest BCUT2D eigenvalue weighted by molar-refractivity contribution is 5.95. The van der Waals surface area contributed by atoms with Gasteiger partial charge in [0, 0.05) is 37.8 Å². The van der Waals surface area contributed by atoms with Crippen LogP contribution in [-0.4, -0.2) is 25.0 Å². The predicted molar refractivity (Wildman–Crippen MR) is 86.6 cm³/mol. The van der Waals surface area contributed by atoms with Crippen molar-refractivity contribution in [2.45, 2.75) is 6.42 Å². The molecule has 0 amide bonds. The van der Waals surface area contributed by atoms with Gasteiger partial charge in [-0.3, -0.25) is 4.79 Å². The molecular weight excluding hydrogens is 262 g/mol. The quantitative estimate of drug-likeness (QED) is 0.855. The number of aromatic hydroxyl groups is 1. The van der Waals surface area contributed by atoms with E-state index in [1.54, 1.807) is 18.2 Å². The predicted octanol–water partition coefficient (Wildman–Crippen LogP) is 3.28. The Morgan fingerprint density at radius 3 is 2.48 bits per heavy atom. The minimum Gasteiger partial charge on any atom is -0.507 e. The molecule has 0 aliphatic rings. The zero-order valence-electron chi connectivity index (χ0n) is 12.3. The molecule has 0 atom stereocenters. The lowest BCUT2D eigenvalue weighted by molar-refractivity contribution is -0.113. The van der Waals surface area contributed by atoms with Crippen LogP contribution in [0.15, 0.2) is 54.6 Å². The average Bonchev–Trinajstić information content (AvgIpc) is 2.47. The summed E-state index contributed by atoms with van der Waals surface area (Å²) in [6, 6.07) is 15.0. The zero-order chi connectivity index (χ0) is 15.2. The largest absolute Gasteiger partial charge is 0.507 e. The zero-order valence-corrected chi connectivity index (χ0v) is 12.3. The molecule has 2 aromatic carbocycles. The number of allylic oxidation sites excluding steroid dienone is 1. The first-order chi connectivity index (χ1) is 10.1. The van der Waals surface area contributed by atoms with E-state index in [1.807, 2.05) is 55.4 Å². The van der Waals surface area contributed by atoms with Gasteiger partial charge in [-0.2, -0.15) is 0 Å². The van der Waals surface area contributed by atoms with Crippen molar-refractivity contribution in [2.24, 2.45) is 0 Å². The number of nitrogens with zero attached hydrogens (tertiary/aromatic N) is 1. The molecule has 21 heavy (non-hydrogen) atoms. The van der Waals surface area contributed by atoms with Gasteiger partial charge in [-0.15, -0.1) is 0 Å². The molecule has 0 unspecified atom stereocenters. The molecule has 0 aliphatic heterocycles. The lowest BCUT2D eigenvalue weighted by Crippen LogP contribution is -2.08. The second kappa shape index (κ2) is 6.75. The van der Waals surface area contributed by atoms with Crippen molar-refractivity contribution in [3.05, 3.63) is 65.7 Å². The summed E-state index contributed by atoms with van der Waals surface area (Å²) in [5.41, 5.74) is 2.54. The van der Waals surface area contributed by atoms with Gasteiger partial charge in [0.25, 0.3) is 0 Å². The van der Waals surface area contributed by atoms with Gasteiger partial charge in [-0.25, -0.2) is 0 Å². The Kier molecular flexibility index (Phi) is 4.77. The highest BCUT2D eigenvalue weighted by Crippen LogP contribution is 2.24. The standard InChI is InChI=1S/C18H19NO2/c1-19(2)16-10-8-15(18(21)13-16)9-11-17(20)12-14-6-4-3-5-7-14/h3-11,13,21H,12H2,1-2H3. The van der Waals surface area contributed by atoms with Crippen molar-refractivity contribution in [3.8, 4) is 5.75 Å². The fraction of sp³-hybridized carbons (Fsp3) is 0.167. The SMILES string of the molecule is CN(C)c1ccc(C=CC(=O)Cc2ccccc2)c(O)c1. The van der Waals surface area contributed by atoms with Crippen LogP contribution in [0, 0.1) is 0 Å². The summed E-state index contributed by atoms with van der Waals surface area (Å²) in [6.45, 7) is 0. The Morgan fingerprint density at radius 2 is 1.86 bits per heavy atom. The Morgan fingerprint density at radius 1 is 1.14 bits per heavy atom. The molecule has 108 valence electrons. The number of carbonyl (C=O) groups is 1. The van der Waals surface area contributed by atoms with Crippen LogP contribution in [0.25, 0.3) is 6.08 Å². The first-order valence-corrected chi connectivity index (χ1v) is 6.81. The Bertz CT molecular complexity index is 646. The van der Waals surface area contributed by atoms with Gasteiger partial charge in [0.1, 0.15) is 5.75 Å². The van der Waals surface area contributed by atoms with Crippen LogP contribution >= 0.6 is 0 Å². The third-order valence-electron chi connectivity index (χ3n) is 3.20. The van der Waals surface area contributed by atoms with Crippen molar-refractivity contribution in [2.75, 3.05) is 19.0 Å². The lowest BCUT2D eigenvalue weighted by atomic mass is 10.1. The molecule has 0 aliphatic carbocycles. The number of hydrogen-bond donors (Lipinski definition) is 1. The summed E-state index contributed by atoms with van der Waals surface area (Å²) < 4.78 is 0. The van der Waals surface area contributed by atoms with Crippen molar-refractivity contribution in [1.82, 2.24) is 0 Å². The molecular formula is C18H19NO2. The number of rotatable bonds is 5.